The molecule has 20 heavy (non-hydrogen) atoms. The van der Waals surface area contributed by atoms with Gasteiger partial charge in [0.2, 0.25) is 5.91 Å². The predicted octanol–water partition coefficient (Wildman–Crippen LogP) is 1.76. The van der Waals surface area contributed by atoms with Crippen molar-refractivity contribution < 1.29 is 9.59 Å². The van der Waals surface area contributed by atoms with Crippen LogP contribution >= 0.6 is 0 Å². The lowest BCUT2D eigenvalue weighted by atomic mass is 10.1. The van der Waals surface area contributed by atoms with E-state index in [0.717, 1.165) is 18.7 Å². The van der Waals surface area contributed by atoms with E-state index in [1.54, 1.807) is 6.07 Å². The number of benzene rings is 1. The van der Waals surface area contributed by atoms with Crippen molar-refractivity contribution in [3.05, 3.63) is 29.8 Å². The van der Waals surface area contributed by atoms with Gasteiger partial charge in [0.1, 0.15) is 0 Å². The molecule has 1 aromatic rings. The van der Waals surface area contributed by atoms with E-state index < -0.39 is 0 Å². The third-order valence-electron chi connectivity index (χ3n) is 2.75. The van der Waals surface area contributed by atoms with Crippen LogP contribution in [0.4, 0.5) is 5.69 Å². The molecule has 0 radical (unpaired) electrons. The van der Waals surface area contributed by atoms with Gasteiger partial charge >= 0.3 is 0 Å². The van der Waals surface area contributed by atoms with Crippen LogP contribution < -0.4 is 16.0 Å². The highest BCUT2D eigenvalue weighted by atomic mass is 16.2. The summed E-state index contributed by atoms with van der Waals surface area (Å²) < 4.78 is 0. The van der Waals surface area contributed by atoms with Crippen LogP contribution in [0.15, 0.2) is 24.3 Å². The lowest BCUT2D eigenvalue weighted by Gasteiger charge is -2.11. The Morgan fingerprint density at radius 3 is 2.50 bits per heavy atom. The molecular formula is C15H23N3O2. The molecule has 110 valence electrons. The van der Waals surface area contributed by atoms with Gasteiger partial charge in [-0.05, 0) is 25.5 Å². The van der Waals surface area contributed by atoms with Gasteiger partial charge in [-0.1, -0.05) is 19.1 Å². The van der Waals surface area contributed by atoms with E-state index >= 15 is 0 Å². The molecule has 2 amide bonds. The van der Waals surface area contributed by atoms with Crippen molar-refractivity contribution in [2.24, 2.45) is 0 Å². The Kier molecular flexibility index (Phi) is 7.17. The number of para-hydroxylation sites is 1. The van der Waals surface area contributed by atoms with Gasteiger partial charge in [0.25, 0.3) is 5.91 Å². The molecular weight excluding hydrogens is 254 g/mol. The molecule has 0 aromatic heterocycles. The maximum Gasteiger partial charge on any atom is 0.253 e. The van der Waals surface area contributed by atoms with Gasteiger partial charge in [0.05, 0.1) is 5.56 Å². The van der Waals surface area contributed by atoms with E-state index in [2.05, 4.69) is 22.9 Å². The molecule has 0 bridgehead atoms. The van der Waals surface area contributed by atoms with Crippen LogP contribution in [-0.4, -0.2) is 31.4 Å². The van der Waals surface area contributed by atoms with Crippen molar-refractivity contribution in [1.82, 2.24) is 10.6 Å². The molecule has 0 fully saturated rings. The fourth-order valence-electron chi connectivity index (χ4n) is 1.77. The van der Waals surface area contributed by atoms with Gasteiger partial charge in [-0.15, -0.1) is 0 Å². The Bertz CT molecular complexity index is 446. The number of nitrogens with one attached hydrogen (secondary N) is 3. The highest BCUT2D eigenvalue weighted by Gasteiger charge is 2.10. The number of hydrogen-bond acceptors (Lipinski definition) is 3. The zero-order chi connectivity index (χ0) is 14.8. The zero-order valence-electron chi connectivity index (χ0n) is 12.2. The summed E-state index contributed by atoms with van der Waals surface area (Å²) in [6.45, 7) is 5.71. The number of hydrogen-bond donors (Lipinski definition) is 3. The van der Waals surface area contributed by atoms with Gasteiger partial charge < -0.3 is 16.0 Å². The first-order valence-electron chi connectivity index (χ1n) is 7.06. The van der Waals surface area contributed by atoms with Crippen LogP contribution in [0.25, 0.3) is 0 Å². The van der Waals surface area contributed by atoms with Crippen LogP contribution in [0.3, 0.4) is 0 Å². The number of carbonyl (C=O) groups excluding carboxylic acids is 2. The minimum absolute atomic E-state index is 0.0507. The summed E-state index contributed by atoms with van der Waals surface area (Å²) in [5.41, 5.74) is 1.43. The second-order valence-electron chi connectivity index (χ2n) is 4.43. The fraction of sp³-hybridized carbons (Fsp3) is 0.467. The molecule has 0 unspecified atom stereocenters. The van der Waals surface area contributed by atoms with Crippen molar-refractivity contribution in [2.45, 2.75) is 26.7 Å². The average molecular weight is 277 g/mol. The number of amides is 2. The first kappa shape index (κ1) is 16.0. The minimum Gasteiger partial charge on any atom is -0.384 e. The van der Waals surface area contributed by atoms with E-state index in [1.807, 2.05) is 25.1 Å². The first-order valence-corrected chi connectivity index (χ1v) is 7.06. The number of rotatable bonds is 8. The van der Waals surface area contributed by atoms with Gasteiger partial charge in [-0.25, -0.2) is 0 Å². The summed E-state index contributed by atoms with van der Waals surface area (Å²) in [6.07, 6.45) is 1.29. The Morgan fingerprint density at radius 1 is 1.05 bits per heavy atom. The van der Waals surface area contributed by atoms with E-state index in [-0.39, 0.29) is 11.8 Å². The summed E-state index contributed by atoms with van der Waals surface area (Å²) in [6, 6.07) is 7.38. The molecule has 0 atom stereocenters. The lowest BCUT2D eigenvalue weighted by molar-refractivity contribution is -0.120. The molecule has 0 aliphatic rings. The summed E-state index contributed by atoms with van der Waals surface area (Å²) in [4.78, 5) is 23.4. The first-order chi connectivity index (χ1) is 9.69. The van der Waals surface area contributed by atoms with E-state index in [1.165, 1.54) is 0 Å². The van der Waals surface area contributed by atoms with E-state index in [0.29, 0.717) is 25.1 Å². The highest BCUT2D eigenvalue weighted by molar-refractivity contribution is 5.99. The van der Waals surface area contributed by atoms with Crippen molar-refractivity contribution in [2.75, 3.05) is 25.0 Å². The zero-order valence-corrected chi connectivity index (χ0v) is 12.2. The van der Waals surface area contributed by atoms with Crippen LogP contribution in [-0.2, 0) is 4.79 Å². The molecule has 1 aromatic carbocycles. The smallest absolute Gasteiger partial charge is 0.253 e. The molecule has 5 heteroatoms. The Labute approximate surface area is 120 Å². The maximum atomic E-state index is 12.1. The van der Waals surface area contributed by atoms with Gasteiger partial charge in [0.15, 0.2) is 0 Å². The summed E-state index contributed by atoms with van der Waals surface area (Å²) >= 11 is 0. The normalized spacial score (nSPS) is 9.90. The monoisotopic (exact) mass is 277 g/mol. The number of anilines is 1. The Hall–Kier alpha value is -2.04. The second kappa shape index (κ2) is 8.96. The van der Waals surface area contributed by atoms with Gasteiger partial charge in [0, 0.05) is 31.7 Å². The summed E-state index contributed by atoms with van der Waals surface area (Å²) in [5, 5.41) is 8.68. The fourth-order valence-corrected chi connectivity index (χ4v) is 1.77. The number of carbonyl (C=O) groups is 2. The molecule has 3 N–H and O–H groups in total. The van der Waals surface area contributed by atoms with Crippen LogP contribution in [0.2, 0.25) is 0 Å². The van der Waals surface area contributed by atoms with Crippen LogP contribution in [0, 0.1) is 0 Å². The van der Waals surface area contributed by atoms with Crippen LogP contribution in [0.1, 0.15) is 37.0 Å². The average Bonchev–Trinajstić information content (AvgIpc) is 2.45. The summed E-state index contributed by atoms with van der Waals surface area (Å²) in [5.74, 6) is -0.210. The van der Waals surface area contributed by atoms with E-state index in [4.69, 9.17) is 0 Å². The van der Waals surface area contributed by atoms with Crippen molar-refractivity contribution in [1.29, 1.82) is 0 Å². The molecule has 0 spiro atoms. The van der Waals surface area contributed by atoms with Gasteiger partial charge in [-0.3, -0.25) is 9.59 Å². The Morgan fingerprint density at radius 2 is 1.80 bits per heavy atom. The highest BCUT2D eigenvalue weighted by Crippen LogP contribution is 2.14. The minimum atomic E-state index is -0.159. The molecule has 0 aliphatic heterocycles. The van der Waals surface area contributed by atoms with Crippen molar-refractivity contribution in [3.8, 4) is 0 Å². The molecule has 1 rings (SSSR count). The molecule has 5 nitrogen and oxygen atoms in total. The maximum absolute atomic E-state index is 12.1. The third kappa shape index (κ3) is 5.30. The summed E-state index contributed by atoms with van der Waals surface area (Å²) in [7, 11) is 0. The third-order valence-corrected chi connectivity index (χ3v) is 2.75. The molecule has 0 heterocycles. The van der Waals surface area contributed by atoms with Gasteiger partial charge in [-0.2, -0.15) is 0 Å². The predicted molar refractivity (Wildman–Crippen MR) is 80.9 cm³/mol. The quantitative estimate of drug-likeness (QED) is 0.678. The van der Waals surface area contributed by atoms with Crippen molar-refractivity contribution >= 4 is 17.5 Å². The molecule has 0 saturated carbocycles. The van der Waals surface area contributed by atoms with Crippen LogP contribution in [0.5, 0.6) is 0 Å². The topological polar surface area (TPSA) is 70.2 Å². The van der Waals surface area contributed by atoms with E-state index in [9.17, 15) is 9.59 Å². The Balaban J connectivity index is 2.52. The SMILES string of the molecule is CCCNc1ccccc1C(=O)NCCC(=O)NCC. The lowest BCUT2D eigenvalue weighted by Crippen LogP contribution is -2.31. The standard InChI is InChI=1S/C15H23N3O2/c1-3-10-17-13-8-6-5-7-12(13)15(20)18-11-9-14(19)16-4-2/h5-8,17H,3-4,9-11H2,1-2H3,(H,16,19)(H,18,20). The molecule has 0 aliphatic carbocycles. The second-order valence-corrected chi connectivity index (χ2v) is 4.43. The molecule has 0 saturated heterocycles. The van der Waals surface area contributed by atoms with Crippen molar-refractivity contribution in [3.63, 3.8) is 0 Å². The largest absolute Gasteiger partial charge is 0.384 e.